The lowest BCUT2D eigenvalue weighted by molar-refractivity contribution is -0.112. The molecule has 31 heavy (non-hydrogen) atoms. The first-order valence-corrected chi connectivity index (χ1v) is 9.89. The number of aryl methyl sites for hydroxylation is 1. The molecule has 0 aromatic heterocycles. The summed E-state index contributed by atoms with van der Waals surface area (Å²) in [4.78, 5) is 25.0. The van der Waals surface area contributed by atoms with Crippen LogP contribution in [-0.4, -0.2) is 11.9 Å². The van der Waals surface area contributed by atoms with Gasteiger partial charge in [0.05, 0.1) is 15.6 Å². The van der Waals surface area contributed by atoms with Gasteiger partial charge in [0.1, 0.15) is 17.4 Å². The molecular weight excluding hydrogens is 435 g/mol. The van der Waals surface area contributed by atoms with E-state index in [0.717, 1.165) is 5.56 Å². The van der Waals surface area contributed by atoms with Crippen LogP contribution in [0.15, 0.2) is 72.3 Å². The average Bonchev–Trinajstić information content (AvgIpc) is 2.76. The number of ether oxygens (including phenoxy) is 1. The Morgan fingerprint density at radius 2 is 1.71 bits per heavy atom. The maximum absolute atomic E-state index is 12.5. The molecule has 0 aliphatic heterocycles. The molecule has 3 aromatic rings. The highest BCUT2D eigenvalue weighted by Gasteiger charge is 2.14. The van der Waals surface area contributed by atoms with Crippen LogP contribution >= 0.6 is 23.2 Å². The normalized spacial score (nSPS) is 10.8. The van der Waals surface area contributed by atoms with Gasteiger partial charge in [-0.25, -0.2) is 4.79 Å². The van der Waals surface area contributed by atoms with Gasteiger partial charge in [0.25, 0.3) is 5.91 Å². The molecule has 1 amide bonds. The van der Waals surface area contributed by atoms with Crippen molar-refractivity contribution in [1.82, 2.24) is 0 Å². The lowest BCUT2D eigenvalue weighted by Gasteiger charge is -2.09. The first kappa shape index (κ1) is 22.1. The SMILES string of the molecule is Cc1ccc(C(=O)Oc2ccccc2/C=C(\C#N)C(=O)Nc2ccc(Cl)c(Cl)c2)cc1. The molecule has 3 aromatic carbocycles. The van der Waals surface area contributed by atoms with E-state index in [2.05, 4.69) is 5.32 Å². The number of hydrogen-bond acceptors (Lipinski definition) is 4. The minimum absolute atomic E-state index is 0.176. The second-order valence-electron chi connectivity index (χ2n) is 6.55. The third kappa shape index (κ3) is 5.73. The third-order valence-electron chi connectivity index (χ3n) is 4.25. The molecule has 3 rings (SSSR count). The first-order valence-electron chi connectivity index (χ1n) is 9.13. The number of carbonyl (C=O) groups is 2. The summed E-state index contributed by atoms with van der Waals surface area (Å²) in [6.45, 7) is 1.92. The highest BCUT2D eigenvalue weighted by molar-refractivity contribution is 6.42. The summed E-state index contributed by atoms with van der Waals surface area (Å²) in [6, 6.07) is 20.0. The number of esters is 1. The number of rotatable bonds is 5. The van der Waals surface area contributed by atoms with Crippen LogP contribution < -0.4 is 10.1 Å². The minimum Gasteiger partial charge on any atom is -0.422 e. The summed E-state index contributed by atoms with van der Waals surface area (Å²) in [5.74, 6) is -0.955. The Labute approximate surface area is 189 Å². The number of halogens is 2. The monoisotopic (exact) mass is 450 g/mol. The molecule has 0 saturated heterocycles. The number of anilines is 1. The van der Waals surface area contributed by atoms with Gasteiger partial charge in [-0.15, -0.1) is 0 Å². The summed E-state index contributed by atoms with van der Waals surface area (Å²) < 4.78 is 5.49. The van der Waals surface area contributed by atoms with E-state index >= 15 is 0 Å². The maximum Gasteiger partial charge on any atom is 0.343 e. The lowest BCUT2D eigenvalue weighted by atomic mass is 10.1. The van der Waals surface area contributed by atoms with E-state index in [1.165, 1.54) is 18.2 Å². The average molecular weight is 451 g/mol. The quantitative estimate of drug-likeness (QED) is 0.221. The van der Waals surface area contributed by atoms with E-state index in [9.17, 15) is 14.9 Å². The van der Waals surface area contributed by atoms with Gasteiger partial charge in [0.2, 0.25) is 0 Å². The highest BCUT2D eigenvalue weighted by Crippen LogP contribution is 2.26. The number of para-hydroxylation sites is 1. The van der Waals surface area contributed by atoms with Gasteiger partial charge in [-0.1, -0.05) is 59.1 Å². The predicted octanol–water partition coefficient (Wildman–Crippen LogP) is 6.07. The summed E-state index contributed by atoms with van der Waals surface area (Å²) >= 11 is 11.8. The summed E-state index contributed by atoms with van der Waals surface area (Å²) in [6.07, 6.45) is 1.35. The molecule has 154 valence electrons. The molecule has 0 heterocycles. The highest BCUT2D eigenvalue weighted by atomic mass is 35.5. The minimum atomic E-state index is -0.638. The van der Waals surface area contributed by atoms with Crippen molar-refractivity contribution >= 4 is 46.8 Å². The second kappa shape index (κ2) is 9.94. The van der Waals surface area contributed by atoms with Gasteiger partial charge in [-0.2, -0.15) is 5.26 Å². The second-order valence-corrected chi connectivity index (χ2v) is 7.36. The Hall–Kier alpha value is -3.59. The number of benzene rings is 3. The number of hydrogen-bond donors (Lipinski definition) is 1. The van der Waals surface area contributed by atoms with E-state index in [0.29, 0.717) is 21.8 Å². The van der Waals surface area contributed by atoms with Gasteiger partial charge in [0.15, 0.2) is 0 Å². The third-order valence-corrected chi connectivity index (χ3v) is 4.99. The molecule has 0 aliphatic carbocycles. The zero-order chi connectivity index (χ0) is 22.4. The fraction of sp³-hybridized carbons (Fsp3) is 0.0417. The predicted molar refractivity (Wildman–Crippen MR) is 121 cm³/mol. The molecule has 0 saturated carbocycles. The molecular formula is C24H16Cl2N2O3. The maximum atomic E-state index is 12.5. The van der Waals surface area contributed by atoms with Crippen molar-refractivity contribution in [1.29, 1.82) is 5.26 Å². The molecule has 0 fully saturated rings. The Morgan fingerprint density at radius 3 is 2.39 bits per heavy atom. The van der Waals surface area contributed by atoms with E-state index in [1.807, 2.05) is 25.1 Å². The molecule has 0 aliphatic rings. The Balaban J connectivity index is 1.83. The number of carbonyl (C=O) groups excluding carboxylic acids is 2. The number of amides is 1. The van der Waals surface area contributed by atoms with Crippen molar-refractivity contribution in [2.24, 2.45) is 0 Å². The van der Waals surface area contributed by atoms with Crippen molar-refractivity contribution < 1.29 is 14.3 Å². The zero-order valence-electron chi connectivity index (χ0n) is 16.4. The van der Waals surface area contributed by atoms with Crippen LogP contribution in [0.5, 0.6) is 5.75 Å². The van der Waals surface area contributed by atoms with Crippen LogP contribution in [-0.2, 0) is 4.79 Å². The van der Waals surface area contributed by atoms with E-state index in [1.54, 1.807) is 42.5 Å². The fourth-order valence-corrected chi connectivity index (χ4v) is 2.92. The summed E-state index contributed by atoms with van der Waals surface area (Å²) in [5.41, 5.74) is 2.03. The van der Waals surface area contributed by atoms with E-state index in [-0.39, 0.29) is 16.3 Å². The largest absolute Gasteiger partial charge is 0.422 e. The Morgan fingerprint density at radius 1 is 1.00 bits per heavy atom. The van der Waals surface area contributed by atoms with Crippen LogP contribution in [0.3, 0.4) is 0 Å². The zero-order valence-corrected chi connectivity index (χ0v) is 17.9. The van der Waals surface area contributed by atoms with Gasteiger partial charge in [-0.05, 0) is 49.4 Å². The number of nitriles is 1. The van der Waals surface area contributed by atoms with Crippen LogP contribution in [0.2, 0.25) is 10.0 Å². The smallest absolute Gasteiger partial charge is 0.343 e. The van der Waals surface area contributed by atoms with Crippen LogP contribution in [0.1, 0.15) is 21.5 Å². The van der Waals surface area contributed by atoms with E-state index < -0.39 is 11.9 Å². The van der Waals surface area contributed by atoms with E-state index in [4.69, 9.17) is 27.9 Å². The molecule has 7 heteroatoms. The molecule has 0 unspecified atom stereocenters. The van der Waals surface area contributed by atoms with Crippen molar-refractivity contribution in [3.63, 3.8) is 0 Å². The van der Waals surface area contributed by atoms with Gasteiger partial charge in [-0.3, -0.25) is 4.79 Å². The summed E-state index contributed by atoms with van der Waals surface area (Å²) in [7, 11) is 0. The van der Waals surface area contributed by atoms with Gasteiger partial charge in [0, 0.05) is 11.3 Å². The topological polar surface area (TPSA) is 79.2 Å². The van der Waals surface area contributed by atoms with Crippen LogP contribution in [0.25, 0.3) is 6.08 Å². The number of nitrogens with one attached hydrogen (secondary N) is 1. The summed E-state index contributed by atoms with van der Waals surface area (Å²) in [5, 5.41) is 12.7. The molecule has 0 atom stereocenters. The van der Waals surface area contributed by atoms with Crippen molar-refractivity contribution in [3.05, 3.63) is 99.0 Å². The first-order chi connectivity index (χ1) is 14.9. The number of nitrogens with zero attached hydrogens (tertiary/aromatic N) is 1. The lowest BCUT2D eigenvalue weighted by Crippen LogP contribution is -2.13. The molecule has 0 spiro atoms. The van der Waals surface area contributed by atoms with Crippen molar-refractivity contribution in [2.45, 2.75) is 6.92 Å². The van der Waals surface area contributed by atoms with Crippen molar-refractivity contribution in [2.75, 3.05) is 5.32 Å². The fourth-order valence-electron chi connectivity index (χ4n) is 2.62. The van der Waals surface area contributed by atoms with Gasteiger partial charge >= 0.3 is 5.97 Å². The van der Waals surface area contributed by atoms with Crippen molar-refractivity contribution in [3.8, 4) is 11.8 Å². The Kier molecular flexibility index (Phi) is 7.09. The standard InChI is InChI=1S/C24H16Cl2N2O3/c1-15-6-8-16(9-7-15)24(30)31-22-5-3-2-4-17(22)12-18(14-27)23(29)28-19-10-11-20(25)21(26)13-19/h2-13H,1H3,(H,28,29)/b18-12+. The molecule has 5 nitrogen and oxygen atoms in total. The molecule has 1 N–H and O–H groups in total. The van der Waals surface area contributed by atoms with Crippen LogP contribution in [0.4, 0.5) is 5.69 Å². The van der Waals surface area contributed by atoms with Gasteiger partial charge < -0.3 is 10.1 Å². The Bertz CT molecular complexity index is 1210. The molecule has 0 radical (unpaired) electrons. The van der Waals surface area contributed by atoms with Crippen LogP contribution in [0, 0.1) is 18.3 Å². The molecule has 0 bridgehead atoms.